The number of hydrogen-bond donors (Lipinski definition) is 2. The number of unbranched alkanes of at least 4 members (excludes halogenated alkanes) is 1. The molecule has 3 atom stereocenters. The van der Waals surface area contributed by atoms with Gasteiger partial charge in [0.05, 0.1) is 19.6 Å². The van der Waals surface area contributed by atoms with Crippen LogP contribution in [0.4, 0.5) is 4.79 Å². The zero-order chi connectivity index (χ0) is 19.4. The number of hydrogen-bond acceptors (Lipinski definition) is 5. The van der Waals surface area contributed by atoms with Crippen LogP contribution in [-0.4, -0.2) is 36.4 Å². The number of carboxylic acid groups (broad SMARTS) is 1. The Morgan fingerprint density at radius 3 is 2.54 bits per heavy atom. The molecule has 0 heterocycles. The van der Waals surface area contributed by atoms with Crippen molar-refractivity contribution < 1.29 is 28.5 Å². The first-order chi connectivity index (χ1) is 12.4. The molecule has 8 heteroatoms. The van der Waals surface area contributed by atoms with E-state index in [1.54, 1.807) is 0 Å². The summed E-state index contributed by atoms with van der Waals surface area (Å²) in [5.74, 6) is -0.831. The molecule has 0 aromatic heterocycles. The number of amides is 1. The van der Waals surface area contributed by atoms with E-state index in [0.717, 1.165) is 12.0 Å². The fourth-order valence-corrected chi connectivity index (χ4v) is 3.31. The molecule has 26 heavy (non-hydrogen) atoms. The van der Waals surface area contributed by atoms with Crippen LogP contribution in [0, 0.1) is 5.92 Å². The van der Waals surface area contributed by atoms with Crippen LogP contribution in [0.25, 0.3) is 0 Å². The van der Waals surface area contributed by atoms with Crippen LogP contribution in [0.3, 0.4) is 0 Å². The van der Waals surface area contributed by atoms with Gasteiger partial charge in [0, 0.05) is 5.54 Å². The second kappa shape index (κ2) is 11.7. The summed E-state index contributed by atoms with van der Waals surface area (Å²) in [5, 5.41) is 11.8. The molecule has 1 amide bonds. The molecule has 0 fully saturated rings. The van der Waals surface area contributed by atoms with Gasteiger partial charge in [-0.05, 0) is 31.7 Å². The molecule has 0 aliphatic rings. The molecule has 0 saturated heterocycles. The third kappa shape index (κ3) is 8.50. The maximum atomic E-state index is 11.7. The molecule has 0 radical (unpaired) electrons. The number of rotatable bonds is 12. The smallest absolute Gasteiger partial charge is 0.405 e. The minimum Gasteiger partial charge on any atom is -0.469 e. The Balaban J connectivity index is 2.58. The predicted molar refractivity (Wildman–Crippen MR) is 100 cm³/mol. The Labute approximate surface area is 155 Å². The highest BCUT2D eigenvalue weighted by Gasteiger charge is 2.27. The molecule has 0 spiro atoms. The summed E-state index contributed by atoms with van der Waals surface area (Å²) in [7, 11) is -0.0424. The molecule has 1 aromatic carbocycles. The maximum Gasteiger partial charge on any atom is 0.405 e. The van der Waals surface area contributed by atoms with E-state index in [4.69, 9.17) is 14.4 Å². The molecule has 7 nitrogen and oxygen atoms in total. The van der Waals surface area contributed by atoms with E-state index in [9.17, 15) is 14.2 Å². The second-order valence-corrected chi connectivity index (χ2v) is 7.07. The van der Waals surface area contributed by atoms with Gasteiger partial charge < -0.3 is 19.7 Å². The Bertz CT molecular complexity index is 582. The van der Waals surface area contributed by atoms with Gasteiger partial charge in [-0.3, -0.25) is 9.36 Å². The number of methoxy groups -OCH3 is 1. The first-order valence-corrected chi connectivity index (χ1v) is 9.52. The third-order valence-electron chi connectivity index (χ3n) is 4.28. The van der Waals surface area contributed by atoms with Crippen molar-refractivity contribution in [2.75, 3.05) is 13.7 Å². The molecular formula is C18H28NO6P. The van der Waals surface area contributed by atoms with Crippen LogP contribution < -0.4 is 5.32 Å². The van der Waals surface area contributed by atoms with E-state index >= 15 is 0 Å². The van der Waals surface area contributed by atoms with Gasteiger partial charge in [-0.15, -0.1) is 0 Å². The van der Waals surface area contributed by atoms with Crippen LogP contribution >= 0.6 is 8.69 Å². The van der Waals surface area contributed by atoms with E-state index in [1.165, 1.54) is 7.11 Å². The molecule has 0 saturated carbocycles. The van der Waals surface area contributed by atoms with Gasteiger partial charge in [0.2, 0.25) is 0 Å². The van der Waals surface area contributed by atoms with Crippen molar-refractivity contribution in [1.29, 1.82) is 0 Å². The molecule has 1 rings (SSSR count). The lowest BCUT2D eigenvalue weighted by molar-refractivity contribution is -0.146. The predicted octanol–water partition coefficient (Wildman–Crippen LogP) is 3.29. The van der Waals surface area contributed by atoms with Crippen LogP contribution in [0.15, 0.2) is 30.3 Å². The number of benzene rings is 1. The highest BCUT2D eigenvalue weighted by molar-refractivity contribution is 7.17. The quantitative estimate of drug-likeness (QED) is 0.325. The highest BCUT2D eigenvalue weighted by atomic mass is 31.1. The third-order valence-corrected chi connectivity index (χ3v) is 4.61. The average molecular weight is 385 g/mol. The SMILES string of the molecule is COC(=O)C(CCCCC(C)(Cc1ccccc1)NC(=O)O)CO[PH2]=O. The Morgan fingerprint density at radius 2 is 1.96 bits per heavy atom. The summed E-state index contributed by atoms with van der Waals surface area (Å²) in [6.45, 7) is 1.97. The molecule has 2 N–H and O–H groups in total. The summed E-state index contributed by atoms with van der Waals surface area (Å²) in [6.07, 6.45) is 2.16. The van der Waals surface area contributed by atoms with Crippen molar-refractivity contribution in [3.8, 4) is 0 Å². The molecule has 0 bridgehead atoms. The topological polar surface area (TPSA) is 102 Å². The van der Waals surface area contributed by atoms with Gasteiger partial charge >= 0.3 is 12.1 Å². The number of carbonyl (C=O) groups excluding carboxylic acids is 1. The van der Waals surface area contributed by atoms with Gasteiger partial charge in [0.1, 0.15) is 0 Å². The van der Waals surface area contributed by atoms with E-state index in [-0.39, 0.29) is 12.6 Å². The second-order valence-electron chi connectivity index (χ2n) is 6.55. The number of esters is 1. The fraction of sp³-hybridized carbons (Fsp3) is 0.556. The van der Waals surface area contributed by atoms with Crippen LogP contribution in [0.5, 0.6) is 0 Å². The van der Waals surface area contributed by atoms with Crippen LogP contribution in [0.1, 0.15) is 38.2 Å². The Kier molecular flexibility index (Phi) is 9.99. The average Bonchev–Trinajstić information content (AvgIpc) is 2.60. The van der Waals surface area contributed by atoms with Crippen molar-refractivity contribution in [2.24, 2.45) is 5.92 Å². The highest BCUT2D eigenvalue weighted by Crippen LogP contribution is 2.22. The first-order valence-electron chi connectivity index (χ1n) is 8.58. The largest absolute Gasteiger partial charge is 0.469 e. The summed E-state index contributed by atoms with van der Waals surface area (Å²) < 4.78 is 20.2. The number of carbonyl (C=O) groups is 2. The van der Waals surface area contributed by atoms with Crippen molar-refractivity contribution in [3.63, 3.8) is 0 Å². The molecule has 146 valence electrons. The standard InChI is InChI=1S/C18H28NO6P/c1-18(19-17(21)22,12-14-8-4-3-5-9-14)11-7-6-10-15(13-25-26-23)16(20)24-2/h3-5,8-9,15,19H,6-7,10-13,26H2,1-2H3,(H,21,22). The lowest BCUT2D eigenvalue weighted by Crippen LogP contribution is -2.47. The minimum absolute atomic E-state index is 0.0835. The van der Waals surface area contributed by atoms with E-state index in [0.29, 0.717) is 25.7 Å². The molecule has 0 aliphatic carbocycles. The van der Waals surface area contributed by atoms with Gasteiger partial charge in [0.25, 0.3) is 0 Å². The zero-order valence-electron chi connectivity index (χ0n) is 15.3. The van der Waals surface area contributed by atoms with E-state index in [1.807, 2.05) is 37.3 Å². The Hall–Kier alpha value is -1.85. The summed E-state index contributed by atoms with van der Waals surface area (Å²) in [6, 6.07) is 9.71. The minimum atomic E-state index is -1.35. The Morgan fingerprint density at radius 1 is 1.27 bits per heavy atom. The van der Waals surface area contributed by atoms with Gasteiger partial charge in [-0.2, -0.15) is 0 Å². The zero-order valence-corrected chi connectivity index (χ0v) is 16.4. The summed E-state index contributed by atoms with van der Waals surface area (Å²) >= 11 is 0. The summed E-state index contributed by atoms with van der Waals surface area (Å²) in [5.41, 5.74) is 0.465. The van der Waals surface area contributed by atoms with Crippen LogP contribution in [-0.2, 0) is 25.0 Å². The van der Waals surface area contributed by atoms with Crippen molar-refractivity contribution in [2.45, 2.75) is 44.6 Å². The molecule has 1 aromatic rings. The first kappa shape index (κ1) is 22.2. The monoisotopic (exact) mass is 385 g/mol. The van der Waals surface area contributed by atoms with Gasteiger partial charge in [-0.25, -0.2) is 4.79 Å². The van der Waals surface area contributed by atoms with Crippen molar-refractivity contribution in [3.05, 3.63) is 35.9 Å². The fourth-order valence-electron chi connectivity index (χ4n) is 3.00. The lowest BCUT2D eigenvalue weighted by Gasteiger charge is -2.30. The summed E-state index contributed by atoms with van der Waals surface area (Å²) in [4.78, 5) is 22.9. The van der Waals surface area contributed by atoms with E-state index in [2.05, 4.69) is 5.32 Å². The molecule has 3 unspecified atom stereocenters. The normalized spacial score (nSPS) is 14.7. The van der Waals surface area contributed by atoms with E-state index < -0.39 is 26.2 Å². The van der Waals surface area contributed by atoms with Crippen LogP contribution in [0.2, 0.25) is 0 Å². The lowest BCUT2D eigenvalue weighted by atomic mass is 9.87. The van der Waals surface area contributed by atoms with Crippen molar-refractivity contribution >= 4 is 20.7 Å². The maximum absolute atomic E-state index is 11.7. The van der Waals surface area contributed by atoms with Gasteiger partial charge in [0.15, 0.2) is 8.69 Å². The number of nitrogens with one attached hydrogen (secondary N) is 1. The number of ether oxygens (including phenoxy) is 1. The molecule has 0 aliphatic heterocycles. The molecular weight excluding hydrogens is 357 g/mol. The van der Waals surface area contributed by atoms with Crippen molar-refractivity contribution in [1.82, 2.24) is 5.32 Å². The van der Waals surface area contributed by atoms with Gasteiger partial charge in [-0.1, -0.05) is 43.2 Å².